The molecule has 0 amide bonds. The summed E-state index contributed by atoms with van der Waals surface area (Å²) in [6.07, 6.45) is 0.965. The van der Waals surface area contributed by atoms with Gasteiger partial charge in [0, 0.05) is 22.5 Å². The van der Waals surface area contributed by atoms with Crippen LogP contribution in [-0.2, 0) is 19.6 Å². The summed E-state index contributed by atoms with van der Waals surface area (Å²) in [6, 6.07) is 5.71. The van der Waals surface area contributed by atoms with E-state index in [1.54, 1.807) is 11.3 Å². The predicted molar refractivity (Wildman–Crippen MR) is 80.0 cm³/mol. The van der Waals surface area contributed by atoms with E-state index in [1.165, 1.54) is 0 Å². The highest BCUT2D eigenvalue weighted by Crippen LogP contribution is 2.27. The highest BCUT2D eigenvalue weighted by molar-refractivity contribution is 7.09. The first kappa shape index (κ1) is 14.3. The maximum atomic E-state index is 6.18. The Bertz CT molecular complexity index is 542. The summed E-state index contributed by atoms with van der Waals surface area (Å²) in [6.45, 7) is 3.27. The molecule has 2 rings (SSSR count). The van der Waals surface area contributed by atoms with E-state index >= 15 is 0 Å². The van der Waals surface area contributed by atoms with E-state index in [4.69, 9.17) is 16.3 Å². The fraction of sp³-hybridized carbons (Fsp3) is 0.357. The lowest BCUT2D eigenvalue weighted by Crippen LogP contribution is -2.08. The molecule has 0 atom stereocenters. The molecular formula is C14H17ClN2OS. The maximum Gasteiger partial charge on any atom is 0.131 e. The second kappa shape index (κ2) is 6.89. The number of hydrogen-bond acceptors (Lipinski definition) is 4. The van der Waals surface area contributed by atoms with Crippen molar-refractivity contribution in [1.29, 1.82) is 0 Å². The van der Waals surface area contributed by atoms with E-state index in [0.29, 0.717) is 13.2 Å². The van der Waals surface area contributed by atoms with Gasteiger partial charge in [-0.2, -0.15) is 0 Å². The third kappa shape index (κ3) is 3.69. The lowest BCUT2D eigenvalue weighted by Gasteiger charge is -2.11. The lowest BCUT2D eigenvalue weighted by molar-refractivity contribution is 0.298. The molecule has 5 heteroatoms. The number of hydrogen-bond donors (Lipinski definition) is 1. The van der Waals surface area contributed by atoms with Crippen molar-refractivity contribution in [3.63, 3.8) is 0 Å². The first-order chi connectivity index (χ1) is 9.24. The summed E-state index contributed by atoms with van der Waals surface area (Å²) in [5.41, 5.74) is 1.95. The molecular weight excluding hydrogens is 280 g/mol. The zero-order valence-corrected chi connectivity index (χ0v) is 12.6. The first-order valence-electron chi connectivity index (χ1n) is 6.22. The summed E-state index contributed by atoms with van der Waals surface area (Å²) >= 11 is 7.86. The second-order valence-electron chi connectivity index (χ2n) is 4.12. The van der Waals surface area contributed by atoms with Gasteiger partial charge in [-0.1, -0.05) is 24.6 Å². The Hall–Kier alpha value is -1.10. The van der Waals surface area contributed by atoms with Crippen LogP contribution in [0.4, 0.5) is 0 Å². The van der Waals surface area contributed by atoms with Crippen molar-refractivity contribution in [2.45, 2.75) is 26.5 Å². The van der Waals surface area contributed by atoms with Gasteiger partial charge < -0.3 is 10.1 Å². The van der Waals surface area contributed by atoms with Gasteiger partial charge in [0.1, 0.15) is 12.4 Å². The molecule has 102 valence electrons. The quantitative estimate of drug-likeness (QED) is 0.883. The van der Waals surface area contributed by atoms with E-state index in [1.807, 2.05) is 30.6 Å². The van der Waals surface area contributed by atoms with Gasteiger partial charge in [0.25, 0.3) is 0 Å². The molecule has 0 aliphatic heterocycles. The van der Waals surface area contributed by atoms with Gasteiger partial charge in [-0.25, -0.2) is 4.98 Å². The Morgan fingerprint density at radius 2 is 2.26 bits per heavy atom. The van der Waals surface area contributed by atoms with Crippen LogP contribution in [0.3, 0.4) is 0 Å². The van der Waals surface area contributed by atoms with Gasteiger partial charge in [-0.15, -0.1) is 11.3 Å². The van der Waals surface area contributed by atoms with Crippen molar-refractivity contribution >= 4 is 22.9 Å². The molecule has 1 N–H and O–H groups in total. The molecule has 1 aromatic carbocycles. The molecule has 0 radical (unpaired) electrons. The van der Waals surface area contributed by atoms with Gasteiger partial charge in [-0.05, 0) is 25.6 Å². The minimum atomic E-state index is 0.480. The smallest absolute Gasteiger partial charge is 0.131 e. The highest BCUT2D eigenvalue weighted by atomic mass is 35.5. The molecule has 0 unspecified atom stereocenters. The molecule has 0 saturated carbocycles. The number of aryl methyl sites for hydroxylation is 1. The van der Waals surface area contributed by atoms with Crippen LogP contribution in [0.2, 0.25) is 5.02 Å². The Morgan fingerprint density at radius 1 is 1.42 bits per heavy atom. The molecule has 0 fully saturated rings. The third-order valence-corrected chi connectivity index (χ3v) is 4.10. The molecule has 0 saturated heterocycles. The van der Waals surface area contributed by atoms with Crippen LogP contribution in [0.25, 0.3) is 0 Å². The van der Waals surface area contributed by atoms with Crippen LogP contribution in [0.1, 0.15) is 23.2 Å². The minimum Gasteiger partial charge on any atom is -0.487 e. The van der Waals surface area contributed by atoms with E-state index in [2.05, 4.69) is 17.2 Å². The topological polar surface area (TPSA) is 34.1 Å². The lowest BCUT2D eigenvalue weighted by atomic mass is 10.2. The molecule has 1 aromatic heterocycles. The molecule has 19 heavy (non-hydrogen) atoms. The first-order valence-corrected chi connectivity index (χ1v) is 7.48. The van der Waals surface area contributed by atoms with E-state index in [-0.39, 0.29) is 0 Å². The van der Waals surface area contributed by atoms with Crippen molar-refractivity contribution in [2.75, 3.05) is 7.05 Å². The number of benzene rings is 1. The Morgan fingerprint density at radius 3 is 2.95 bits per heavy atom. The number of halogens is 1. The van der Waals surface area contributed by atoms with Gasteiger partial charge >= 0.3 is 0 Å². The van der Waals surface area contributed by atoms with Gasteiger partial charge in [-0.3, -0.25) is 0 Å². The highest BCUT2D eigenvalue weighted by Gasteiger charge is 2.08. The molecule has 0 aliphatic rings. The summed E-state index contributed by atoms with van der Waals surface area (Å²) in [5.74, 6) is 0.813. The third-order valence-electron chi connectivity index (χ3n) is 2.71. The number of nitrogens with zero attached hydrogens (tertiary/aromatic N) is 1. The molecule has 3 nitrogen and oxygen atoms in total. The average Bonchev–Trinajstić information content (AvgIpc) is 2.87. The number of aromatic nitrogens is 1. The minimum absolute atomic E-state index is 0.480. The molecule has 2 aromatic rings. The van der Waals surface area contributed by atoms with Crippen molar-refractivity contribution in [2.24, 2.45) is 0 Å². The van der Waals surface area contributed by atoms with E-state index in [0.717, 1.165) is 33.5 Å². The van der Waals surface area contributed by atoms with Crippen LogP contribution >= 0.6 is 22.9 Å². The zero-order valence-electron chi connectivity index (χ0n) is 11.1. The fourth-order valence-corrected chi connectivity index (χ4v) is 2.71. The normalized spacial score (nSPS) is 10.7. The van der Waals surface area contributed by atoms with Crippen LogP contribution in [0, 0.1) is 0 Å². The number of nitrogens with one attached hydrogen (secondary N) is 1. The molecule has 0 aliphatic carbocycles. The van der Waals surface area contributed by atoms with Crippen molar-refractivity contribution in [3.05, 3.63) is 44.9 Å². The predicted octanol–water partition coefficient (Wildman–Crippen LogP) is 3.66. The van der Waals surface area contributed by atoms with Gasteiger partial charge in [0.15, 0.2) is 0 Å². The van der Waals surface area contributed by atoms with Gasteiger partial charge in [0.05, 0.1) is 10.7 Å². The van der Waals surface area contributed by atoms with Crippen molar-refractivity contribution < 1.29 is 4.74 Å². The number of rotatable bonds is 6. The van der Waals surface area contributed by atoms with E-state index < -0.39 is 0 Å². The van der Waals surface area contributed by atoms with E-state index in [9.17, 15) is 0 Å². The summed E-state index contributed by atoms with van der Waals surface area (Å²) in [5, 5.41) is 7.00. The Kier molecular flexibility index (Phi) is 5.19. The summed E-state index contributed by atoms with van der Waals surface area (Å²) < 4.78 is 5.83. The SMILES string of the molecule is CCc1nc(COc2cccc(Cl)c2CNC)cs1. The fourth-order valence-electron chi connectivity index (χ4n) is 1.75. The monoisotopic (exact) mass is 296 g/mol. The Balaban J connectivity index is 2.08. The van der Waals surface area contributed by atoms with Gasteiger partial charge in [0.2, 0.25) is 0 Å². The maximum absolute atomic E-state index is 6.18. The molecule has 1 heterocycles. The van der Waals surface area contributed by atoms with Crippen molar-refractivity contribution in [3.8, 4) is 5.75 Å². The average molecular weight is 297 g/mol. The number of ether oxygens (including phenoxy) is 1. The molecule has 0 bridgehead atoms. The summed E-state index contributed by atoms with van der Waals surface area (Å²) in [7, 11) is 1.89. The Labute approximate surface area is 122 Å². The zero-order chi connectivity index (χ0) is 13.7. The van der Waals surface area contributed by atoms with Crippen molar-refractivity contribution in [1.82, 2.24) is 10.3 Å². The largest absolute Gasteiger partial charge is 0.487 e. The number of thiazole rings is 1. The molecule has 0 spiro atoms. The van der Waals surface area contributed by atoms with Crippen LogP contribution in [0.5, 0.6) is 5.75 Å². The summed E-state index contributed by atoms with van der Waals surface area (Å²) in [4.78, 5) is 4.49. The van der Waals surface area contributed by atoms with Crippen LogP contribution in [-0.4, -0.2) is 12.0 Å². The second-order valence-corrected chi connectivity index (χ2v) is 5.47. The van der Waals surface area contributed by atoms with Crippen LogP contribution < -0.4 is 10.1 Å². The standard InChI is InChI=1S/C14H17ClN2OS/c1-3-14-17-10(9-19-14)8-18-13-6-4-5-12(15)11(13)7-16-2/h4-6,9,16H,3,7-8H2,1-2H3. The van der Waals surface area contributed by atoms with Crippen LogP contribution in [0.15, 0.2) is 23.6 Å².